The number of benzene rings is 2. The zero-order chi connectivity index (χ0) is 17.5. The van der Waals surface area contributed by atoms with Gasteiger partial charge in [-0.15, -0.1) is 0 Å². The summed E-state index contributed by atoms with van der Waals surface area (Å²) in [6.45, 7) is 2.19. The molecule has 0 aromatic heterocycles. The van der Waals surface area contributed by atoms with Gasteiger partial charge in [0.05, 0.1) is 6.54 Å². The van der Waals surface area contributed by atoms with Crippen molar-refractivity contribution in [3.63, 3.8) is 0 Å². The fraction of sp³-hybridized carbons (Fsp3) is 0.176. The first-order chi connectivity index (χ1) is 11.5. The molecule has 2 aromatic rings. The number of hydrogen-bond donors (Lipinski definition) is 2. The quantitative estimate of drug-likeness (QED) is 0.629. The van der Waals surface area contributed by atoms with Crippen LogP contribution in [-0.4, -0.2) is 25.0 Å². The van der Waals surface area contributed by atoms with Crippen LogP contribution in [0.3, 0.4) is 0 Å². The van der Waals surface area contributed by atoms with E-state index in [-0.39, 0.29) is 13.2 Å². The number of hydrogen-bond acceptors (Lipinski definition) is 3. The van der Waals surface area contributed by atoms with Crippen molar-refractivity contribution in [2.45, 2.75) is 6.92 Å². The summed E-state index contributed by atoms with van der Waals surface area (Å²) in [6, 6.07) is 11.9. The lowest BCUT2D eigenvalue weighted by molar-refractivity contribution is -0.136. The smallest absolute Gasteiger partial charge is 0.313 e. The minimum atomic E-state index is -0.758. The number of carbonyl (C=O) groups excluding carboxylic acids is 2. The van der Waals surface area contributed by atoms with E-state index in [1.54, 1.807) is 49.4 Å². The average Bonchev–Trinajstić information content (AvgIpc) is 2.57. The first-order valence-corrected chi connectivity index (χ1v) is 7.95. The van der Waals surface area contributed by atoms with Crippen molar-refractivity contribution in [2.24, 2.45) is 0 Å². The second-order valence-electron chi connectivity index (χ2n) is 4.92. The highest BCUT2D eigenvalue weighted by Gasteiger charge is 2.14. The van der Waals surface area contributed by atoms with E-state index in [0.717, 1.165) is 0 Å². The Morgan fingerprint density at radius 1 is 1.04 bits per heavy atom. The molecule has 0 saturated carbocycles. The summed E-state index contributed by atoms with van der Waals surface area (Å²) < 4.78 is 5.42. The van der Waals surface area contributed by atoms with Crippen LogP contribution in [0.15, 0.2) is 42.5 Å². The molecule has 2 rings (SSSR count). The van der Waals surface area contributed by atoms with E-state index >= 15 is 0 Å². The second-order valence-corrected chi connectivity index (χ2v) is 5.77. The fourth-order valence-corrected chi connectivity index (χ4v) is 2.17. The summed E-state index contributed by atoms with van der Waals surface area (Å²) in [7, 11) is 0. The van der Waals surface area contributed by atoms with Gasteiger partial charge in [-0.2, -0.15) is 0 Å². The van der Waals surface area contributed by atoms with E-state index in [1.807, 2.05) is 0 Å². The Kier molecular flexibility index (Phi) is 6.46. The van der Waals surface area contributed by atoms with Gasteiger partial charge in [0.15, 0.2) is 0 Å². The molecule has 7 heteroatoms. The molecule has 0 aliphatic rings. The molecule has 2 aromatic carbocycles. The molecule has 0 atom stereocenters. The summed E-state index contributed by atoms with van der Waals surface area (Å²) in [5.74, 6) is -0.867. The third kappa shape index (κ3) is 5.15. The molecule has 2 N–H and O–H groups in total. The van der Waals surface area contributed by atoms with Crippen LogP contribution in [0.25, 0.3) is 0 Å². The number of amides is 2. The van der Waals surface area contributed by atoms with Crippen LogP contribution in [-0.2, 0) is 9.59 Å². The lowest BCUT2D eigenvalue weighted by Gasteiger charge is -2.10. The molecule has 0 spiro atoms. The number of rotatable bonds is 5. The van der Waals surface area contributed by atoms with Crippen molar-refractivity contribution in [2.75, 3.05) is 18.5 Å². The maximum Gasteiger partial charge on any atom is 0.313 e. The van der Waals surface area contributed by atoms with Gasteiger partial charge in [0.2, 0.25) is 0 Å². The van der Waals surface area contributed by atoms with Crippen LogP contribution in [0.5, 0.6) is 5.75 Å². The Morgan fingerprint density at radius 3 is 2.46 bits per heavy atom. The van der Waals surface area contributed by atoms with Crippen LogP contribution in [0, 0.1) is 6.92 Å². The van der Waals surface area contributed by atoms with E-state index in [0.29, 0.717) is 27.0 Å². The number of nitrogens with one attached hydrogen (secondary N) is 2. The predicted octanol–water partition coefficient (Wildman–Crippen LogP) is 3.44. The molecule has 0 bridgehead atoms. The van der Waals surface area contributed by atoms with Crippen LogP contribution in [0.2, 0.25) is 10.0 Å². The Morgan fingerprint density at radius 2 is 1.75 bits per heavy atom. The highest BCUT2D eigenvalue weighted by molar-refractivity contribution is 6.40. The molecule has 0 aliphatic carbocycles. The van der Waals surface area contributed by atoms with Crippen molar-refractivity contribution in [3.8, 4) is 5.75 Å². The highest BCUT2D eigenvalue weighted by Crippen LogP contribution is 2.22. The number of halogens is 2. The predicted molar refractivity (Wildman–Crippen MR) is 94.8 cm³/mol. The zero-order valence-corrected chi connectivity index (χ0v) is 14.4. The Hall–Kier alpha value is -2.24. The average molecular weight is 367 g/mol. The van der Waals surface area contributed by atoms with E-state index in [1.165, 1.54) is 0 Å². The SMILES string of the molecule is Cc1c(Cl)cccc1NC(=O)C(=O)NCCOc1ccc(Cl)cc1. The van der Waals surface area contributed by atoms with Gasteiger partial charge in [0, 0.05) is 15.7 Å². The Bertz CT molecular complexity index is 733. The van der Waals surface area contributed by atoms with E-state index in [9.17, 15) is 9.59 Å². The number of ether oxygens (including phenoxy) is 1. The van der Waals surface area contributed by atoms with Gasteiger partial charge in [-0.25, -0.2) is 0 Å². The van der Waals surface area contributed by atoms with Gasteiger partial charge in [0.1, 0.15) is 12.4 Å². The summed E-state index contributed by atoms with van der Waals surface area (Å²) >= 11 is 11.7. The fourth-order valence-electron chi connectivity index (χ4n) is 1.87. The van der Waals surface area contributed by atoms with E-state index in [4.69, 9.17) is 27.9 Å². The Balaban J connectivity index is 1.76. The molecule has 0 unspecified atom stereocenters. The largest absolute Gasteiger partial charge is 0.492 e. The molecule has 2 amide bonds. The minimum Gasteiger partial charge on any atom is -0.492 e. The first kappa shape index (κ1) is 18.1. The molecule has 24 heavy (non-hydrogen) atoms. The van der Waals surface area contributed by atoms with Gasteiger partial charge in [-0.1, -0.05) is 29.3 Å². The molecule has 0 fully saturated rings. The molecule has 0 aliphatic heterocycles. The van der Waals surface area contributed by atoms with Gasteiger partial charge in [-0.05, 0) is 48.9 Å². The molecule has 5 nitrogen and oxygen atoms in total. The lowest BCUT2D eigenvalue weighted by atomic mass is 10.2. The third-order valence-electron chi connectivity index (χ3n) is 3.19. The molecule has 126 valence electrons. The minimum absolute atomic E-state index is 0.198. The number of carbonyl (C=O) groups is 2. The summed E-state index contributed by atoms with van der Waals surface area (Å²) in [5.41, 5.74) is 1.20. The van der Waals surface area contributed by atoms with Crippen molar-refractivity contribution in [1.82, 2.24) is 5.32 Å². The van der Waals surface area contributed by atoms with E-state index in [2.05, 4.69) is 10.6 Å². The van der Waals surface area contributed by atoms with Crippen molar-refractivity contribution >= 4 is 40.7 Å². The Labute approximate surface area is 149 Å². The van der Waals surface area contributed by atoms with Crippen molar-refractivity contribution in [3.05, 3.63) is 58.1 Å². The zero-order valence-electron chi connectivity index (χ0n) is 12.9. The van der Waals surface area contributed by atoms with E-state index < -0.39 is 11.8 Å². The first-order valence-electron chi connectivity index (χ1n) is 7.20. The molecule has 0 heterocycles. The maximum absolute atomic E-state index is 11.9. The van der Waals surface area contributed by atoms with Crippen LogP contribution in [0.1, 0.15) is 5.56 Å². The lowest BCUT2D eigenvalue weighted by Crippen LogP contribution is -2.37. The molecule has 0 saturated heterocycles. The van der Waals surface area contributed by atoms with Gasteiger partial charge >= 0.3 is 11.8 Å². The van der Waals surface area contributed by atoms with Crippen molar-refractivity contribution in [1.29, 1.82) is 0 Å². The second kappa shape index (κ2) is 8.57. The summed E-state index contributed by atoms with van der Waals surface area (Å²) in [6.07, 6.45) is 0. The topological polar surface area (TPSA) is 67.4 Å². The molecular formula is C17H16Cl2N2O3. The van der Waals surface area contributed by atoms with Gasteiger partial charge < -0.3 is 15.4 Å². The van der Waals surface area contributed by atoms with Gasteiger partial charge in [-0.3, -0.25) is 9.59 Å². The third-order valence-corrected chi connectivity index (χ3v) is 3.85. The highest BCUT2D eigenvalue weighted by atomic mass is 35.5. The maximum atomic E-state index is 11.9. The van der Waals surface area contributed by atoms with Crippen LogP contribution >= 0.6 is 23.2 Å². The summed E-state index contributed by atoms with van der Waals surface area (Å²) in [5, 5.41) is 6.14. The van der Waals surface area contributed by atoms with Crippen LogP contribution in [0.4, 0.5) is 5.69 Å². The standard InChI is InChI=1S/C17H16Cl2N2O3/c1-11-14(19)3-2-4-15(11)21-17(23)16(22)20-9-10-24-13-7-5-12(18)6-8-13/h2-8H,9-10H2,1H3,(H,20,22)(H,21,23). The molecular weight excluding hydrogens is 351 g/mol. The number of anilines is 1. The normalized spacial score (nSPS) is 10.1. The van der Waals surface area contributed by atoms with Crippen LogP contribution < -0.4 is 15.4 Å². The van der Waals surface area contributed by atoms with Crippen molar-refractivity contribution < 1.29 is 14.3 Å². The monoisotopic (exact) mass is 366 g/mol. The van der Waals surface area contributed by atoms with Gasteiger partial charge in [0.25, 0.3) is 0 Å². The summed E-state index contributed by atoms with van der Waals surface area (Å²) in [4.78, 5) is 23.6. The molecule has 0 radical (unpaired) electrons.